The highest BCUT2D eigenvalue weighted by atomic mass is 32.9. The highest BCUT2D eigenvalue weighted by Gasteiger charge is 2.25. The third-order valence-electron chi connectivity index (χ3n) is 1.11. The molecule has 0 radical (unpaired) electrons. The Bertz CT molecular complexity index is 165. The van der Waals surface area contributed by atoms with E-state index in [1.165, 1.54) is 22.3 Å². The number of rotatable bonds is 5. The lowest BCUT2D eigenvalue weighted by molar-refractivity contribution is 0.501. The summed E-state index contributed by atoms with van der Waals surface area (Å²) in [5, 5.41) is 0.294. The largest absolute Gasteiger partial charge is 0.430 e. The Morgan fingerprint density at radius 2 is 2.00 bits per heavy atom. The SMILES string of the molecule is CCCC[S+]=P(O)(O)SC(C)C. The highest BCUT2D eigenvalue weighted by molar-refractivity contribution is 8.69. The van der Waals surface area contributed by atoms with Gasteiger partial charge in [-0.15, -0.1) is 0 Å². The average molecular weight is 229 g/mol. The van der Waals surface area contributed by atoms with Crippen molar-refractivity contribution in [1.82, 2.24) is 0 Å². The van der Waals surface area contributed by atoms with Gasteiger partial charge in [-0.05, 0) is 11.4 Å². The Morgan fingerprint density at radius 3 is 2.42 bits per heavy atom. The standard InChI is InChI=1S/C7H18O2PS2/c1-4-5-6-11-10(8,9)12-7(2)3/h7-9H,4-6H2,1-3H3/q+1. The van der Waals surface area contributed by atoms with Crippen LogP contribution in [0.3, 0.4) is 0 Å². The highest BCUT2D eigenvalue weighted by Crippen LogP contribution is 2.54. The molecule has 2 nitrogen and oxygen atoms in total. The maximum atomic E-state index is 9.50. The molecule has 0 bridgehead atoms. The maximum Gasteiger partial charge on any atom is 0.430 e. The third-order valence-corrected chi connectivity index (χ3v) is 7.98. The molecule has 0 unspecified atom stereocenters. The number of hydrogen-bond donors (Lipinski definition) is 2. The van der Waals surface area contributed by atoms with Crippen LogP contribution in [0.4, 0.5) is 0 Å². The van der Waals surface area contributed by atoms with Gasteiger partial charge in [-0.3, -0.25) is 0 Å². The lowest BCUT2D eigenvalue weighted by Crippen LogP contribution is -1.89. The Labute approximate surface area is 82.7 Å². The van der Waals surface area contributed by atoms with Crippen molar-refractivity contribution in [1.29, 1.82) is 0 Å². The normalized spacial score (nSPS) is 12.2. The fourth-order valence-electron chi connectivity index (χ4n) is 0.633. The Kier molecular flexibility index (Phi) is 6.87. The van der Waals surface area contributed by atoms with Crippen LogP contribution in [0.25, 0.3) is 0 Å². The lowest BCUT2D eigenvalue weighted by Gasteiger charge is -2.02. The smallest absolute Gasteiger partial charge is 0.304 e. The van der Waals surface area contributed by atoms with Gasteiger partial charge >= 0.3 is 5.69 Å². The van der Waals surface area contributed by atoms with Crippen LogP contribution in [-0.4, -0.2) is 20.8 Å². The minimum absolute atomic E-state index is 0.294. The molecule has 0 aliphatic rings. The minimum Gasteiger partial charge on any atom is -0.304 e. The molecular weight excluding hydrogens is 211 g/mol. The van der Waals surface area contributed by atoms with E-state index in [1.54, 1.807) is 0 Å². The molecule has 0 aromatic rings. The van der Waals surface area contributed by atoms with Crippen LogP contribution in [0.5, 0.6) is 0 Å². The molecule has 0 amide bonds. The fourth-order valence-corrected chi connectivity index (χ4v) is 7.60. The summed E-state index contributed by atoms with van der Waals surface area (Å²) in [6.07, 6.45) is 2.17. The molecule has 0 aromatic heterocycles. The zero-order valence-corrected chi connectivity index (χ0v) is 10.4. The van der Waals surface area contributed by atoms with Gasteiger partial charge in [0.05, 0.1) is 0 Å². The lowest BCUT2D eigenvalue weighted by atomic mass is 10.4. The van der Waals surface area contributed by atoms with Gasteiger partial charge in [0.25, 0.3) is 0 Å². The van der Waals surface area contributed by atoms with Crippen LogP contribution in [0, 0.1) is 0 Å². The van der Waals surface area contributed by atoms with Gasteiger partial charge < -0.3 is 9.79 Å². The molecule has 0 spiro atoms. The molecule has 0 saturated carbocycles. The van der Waals surface area contributed by atoms with Crippen molar-refractivity contribution >= 4 is 28.0 Å². The van der Waals surface area contributed by atoms with Crippen LogP contribution in [0.2, 0.25) is 0 Å². The van der Waals surface area contributed by atoms with Crippen molar-refractivity contribution in [2.24, 2.45) is 0 Å². The zero-order chi connectivity index (χ0) is 9.61. The summed E-state index contributed by atoms with van der Waals surface area (Å²) in [6.45, 7) is 6.06. The fraction of sp³-hybridized carbons (Fsp3) is 1.00. The van der Waals surface area contributed by atoms with Crippen molar-refractivity contribution in [2.75, 3.05) is 5.75 Å². The van der Waals surface area contributed by atoms with E-state index in [2.05, 4.69) is 6.92 Å². The second-order valence-corrected chi connectivity index (χ2v) is 10.8. The molecule has 5 heteroatoms. The van der Waals surface area contributed by atoms with E-state index in [0.717, 1.165) is 18.6 Å². The van der Waals surface area contributed by atoms with E-state index in [0.29, 0.717) is 5.25 Å². The monoisotopic (exact) mass is 229 g/mol. The predicted molar refractivity (Wildman–Crippen MR) is 61.2 cm³/mol. The average Bonchev–Trinajstić information content (AvgIpc) is 1.84. The topological polar surface area (TPSA) is 40.5 Å². The zero-order valence-electron chi connectivity index (χ0n) is 7.86. The molecule has 0 fully saturated rings. The van der Waals surface area contributed by atoms with Gasteiger partial charge in [0, 0.05) is 11.7 Å². The predicted octanol–water partition coefficient (Wildman–Crippen LogP) is 2.67. The van der Waals surface area contributed by atoms with Crippen LogP contribution in [0.1, 0.15) is 33.6 Å². The molecule has 0 heterocycles. The molecule has 0 aliphatic heterocycles. The summed E-state index contributed by atoms with van der Waals surface area (Å²) in [5.74, 6) is 0.858. The van der Waals surface area contributed by atoms with Crippen LogP contribution < -0.4 is 0 Å². The van der Waals surface area contributed by atoms with Crippen molar-refractivity contribution < 1.29 is 9.79 Å². The van der Waals surface area contributed by atoms with Gasteiger partial charge in [0.1, 0.15) is 0 Å². The molecule has 0 rings (SSSR count). The number of unbranched alkanes of at least 4 members (excludes halogenated alkanes) is 1. The van der Waals surface area contributed by atoms with E-state index in [9.17, 15) is 9.79 Å². The van der Waals surface area contributed by atoms with E-state index >= 15 is 0 Å². The van der Waals surface area contributed by atoms with Gasteiger partial charge in [-0.2, -0.15) is 0 Å². The maximum absolute atomic E-state index is 9.50. The van der Waals surface area contributed by atoms with Crippen LogP contribution >= 0.6 is 17.1 Å². The van der Waals surface area contributed by atoms with Crippen LogP contribution in [0.15, 0.2) is 0 Å². The third kappa shape index (κ3) is 7.56. The van der Waals surface area contributed by atoms with Crippen molar-refractivity contribution in [2.45, 2.75) is 38.9 Å². The van der Waals surface area contributed by atoms with E-state index in [4.69, 9.17) is 0 Å². The number of hydrogen-bond acceptors (Lipinski definition) is 1. The van der Waals surface area contributed by atoms with E-state index < -0.39 is 5.69 Å². The molecule has 74 valence electrons. The molecular formula is C7H18O2PS2+. The summed E-state index contributed by atoms with van der Waals surface area (Å²) in [5.41, 5.74) is -2.70. The Hall–Kier alpha value is 0.920. The van der Waals surface area contributed by atoms with Gasteiger partial charge in [0.2, 0.25) is 10.9 Å². The van der Waals surface area contributed by atoms with E-state index in [-0.39, 0.29) is 0 Å². The summed E-state index contributed by atoms with van der Waals surface area (Å²) < 4.78 is 0. The quantitative estimate of drug-likeness (QED) is 0.432. The van der Waals surface area contributed by atoms with E-state index in [1.807, 2.05) is 13.8 Å². The second kappa shape index (κ2) is 6.39. The van der Waals surface area contributed by atoms with Gasteiger partial charge in [0.15, 0.2) is 5.75 Å². The Morgan fingerprint density at radius 1 is 1.42 bits per heavy atom. The molecule has 0 atom stereocenters. The molecule has 0 aromatic carbocycles. The summed E-state index contributed by atoms with van der Waals surface area (Å²) in [4.78, 5) is 19.0. The first-order valence-corrected chi connectivity index (χ1v) is 8.92. The summed E-state index contributed by atoms with van der Waals surface area (Å²) in [6, 6.07) is 0. The Balaban J connectivity index is 3.90. The molecule has 12 heavy (non-hydrogen) atoms. The van der Waals surface area contributed by atoms with Crippen molar-refractivity contribution in [3.63, 3.8) is 0 Å². The first-order valence-electron chi connectivity index (χ1n) is 4.15. The molecule has 2 N–H and O–H groups in total. The van der Waals surface area contributed by atoms with Gasteiger partial charge in [-0.1, -0.05) is 27.2 Å². The molecule has 0 saturated heterocycles. The second-order valence-electron chi connectivity index (χ2n) is 2.83. The first kappa shape index (κ1) is 12.9. The van der Waals surface area contributed by atoms with Crippen LogP contribution in [-0.2, 0) is 10.9 Å². The first-order chi connectivity index (χ1) is 5.48. The van der Waals surface area contributed by atoms with Gasteiger partial charge in [-0.25, -0.2) is 0 Å². The van der Waals surface area contributed by atoms with Crippen molar-refractivity contribution in [3.8, 4) is 0 Å². The van der Waals surface area contributed by atoms with Crippen molar-refractivity contribution in [3.05, 3.63) is 0 Å². The molecule has 0 aliphatic carbocycles. The minimum atomic E-state index is -2.70. The summed E-state index contributed by atoms with van der Waals surface area (Å²) in [7, 11) is 1.32. The summed E-state index contributed by atoms with van der Waals surface area (Å²) >= 11 is 1.29.